The number of benzene rings is 1. The van der Waals surface area contributed by atoms with E-state index in [1.165, 1.54) is 13.2 Å². The van der Waals surface area contributed by atoms with Crippen molar-refractivity contribution in [3.05, 3.63) is 29.3 Å². The van der Waals surface area contributed by atoms with E-state index in [0.29, 0.717) is 18.7 Å². The van der Waals surface area contributed by atoms with Gasteiger partial charge in [-0.3, -0.25) is 0 Å². The average Bonchev–Trinajstić information content (AvgIpc) is 2.89. The average molecular weight is 300 g/mol. The van der Waals surface area contributed by atoms with Crippen LogP contribution >= 0.6 is 0 Å². The number of rotatable bonds is 3. The summed E-state index contributed by atoms with van der Waals surface area (Å²) in [5, 5.41) is 18.2. The maximum absolute atomic E-state index is 13.0. The Morgan fingerprint density at radius 3 is 2.71 bits per heavy atom. The second kappa shape index (κ2) is 5.92. The third kappa shape index (κ3) is 3.12. The number of anilines is 1. The Hall–Kier alpha value is -1.78. The molecule has 1 aromatic rings. The zero-order valence-electron chi connectivity index (χ0n) is 11.4. The van der Waals surface area contributed by atoms with E-state index in [9.17, 15) is 18.3 Å². The topological polar surface area (TPSA) is 56.5 Å². The van der Waals surface area contributed by atoms with Gasteiger partial charge >= 0.3 is 6.18 Å². The molecule has 0 amide bonds. The van der Waals surface area contributed by atoms with Gasteiger partial charge in [0.1, 0.15) is 0 Å². The highest BCUT2D eigenvalue weighted by molar-refractivity contribution is 5.56. The summed E-state index contributed by atoms with van der Waals surface area (Å²) in [6.45, 7) is 0.242. The summed E-state index contributed by atoms with van der Waals surface area (Å²) in [6, 6.07) is 4.85. The first-order valence-corrected chi connectivity index (χ1v) is 6.42. The highest BCUT2D eigenvalue weighted by Gasteiger charge is 2.36. The first kappa shape index (κ1) is 15.6. The van der Waals surface area contributed by atoms with Crippen LogP contribution in [0, 0.1) is 11.3 Å². The summed E-state index contributed by atoms with van der Waals surface area (Å²) in [6.07, 6.45) is -4.17. The van der Waals surface area contributed by atoms with Crippen molar-refractivity contribution in [2.75, 3.05) is 25.2 Å². The van der Waals surface area contributed by atoms with E-state index in [1.54, 1.807) is 11.0 Å². The van der Waals surface area contributed by atoms with E-state index in [1.807, 2.05) is 0 Å². The van der Waals surface area contributed by atoms with E-state index >= 15 is 0 Å². The van der Waals surface area contributed by atoms with Crippen LogP contribution in [0.4, 0.5) is 18.9 Å². The Kier molecular flexibility index (Phi) is 4.40. The molecule has 0 aromatic heterocycles. The predicted octanol–water partition coefficient (Wildman–Crippen LogP) is 2.16. The Balaban J connectivity index is 2.39. The molecular formula is C14H15F3N2O2. The van der Waals surface area contributed by atoms with Crippen LogP contribution in [0.15, 0.2) is 18.2 Å². The largest absolute Gasteiger partial charge is 0.417 e. The fraction of sp³-hybridized carbons (Fsp3) is 0.500. The van der Waals surface area contributed by atoms with Crippen molar-refractivity contribution in [3.8, 4) is 6.07 Å². The van der Waals surface area contributed by atoms with Crippen LogP contribution in [-0.2, 0) is 10.9 Å². The summed E-state index contributed by atoms with van der Waals surface area (Å²) < 4.78 is 44.2. The number of hydrogen-bond donors (Lipinski definition) is 1. The number of nitriles is 1. The third-order valence-corrected chi connectivity index (χ3v) is 3.68. The van der Waals surface area contributed by atoms with E-state index in [0.717, 1.165) is 12.1 Å². The fourth-order valence-corrected chi connectivity index (χ4v) is 2.58. The SMILES string of the molecule is CO[C@H]1C[C@@H](CO)N(c2ccc(C#N)c(C(F)(F)F)c2)C1. The second-order valence-corrected chi connectivity index (χ2v) is 4.92. The Morgan fingerprint density at radius 2 is 2.19 bits per heavy atom. The van der Waals surface area contributed by atoms with Gasteiger partial charge in [-0.1, -0.05) is 0 Å². The molecule has 1 fully saturated rings. The molecule has 1 N–H and O–H groups in total. The molecule has 21 heavy (non-hydrogen) atoms. The Labute approximate surface area is 120 Å². The molecule has 0 bridgehead atoms. The molecule has 0 unspecified atom stereocenters. The predicted molar refractivity (Wildman–Crippen MR) is 69.8 cm³/mol. The molecule has 114 valence electrons. The summed E-state index contributed by atoms with van der Waals surface area (Å²) >= 11 is 0. The third-order valence-electron chi connectivity index (χ3n) is 3.68. The van der Waals surface area contributed by atoms with Crippen LogP contribution < -0.4 is 4.90 Å². The van der Waals surface area contributed by atoms with Crippen molar-refractivity contribution in [1.82, 2.24) is 0 Å². The highest BCUT2D eigenvalue weighted by atomic mass is 19.4. The molecule has 0 saturated carbocycles. The molecule has 0 spiro atoms. The van der Waals surface area contributed by atoms with Crippen LogP contribution in [0.2, 0.25) is 0 Å². The molecule has 1 aromatic carbocycles. The molecule has 4 nitrogen and oxygen atoms in total. The molecule has 0 aliphatic carbocycles. The first-order chi connectivity index (χ1) is 9.90. The van der Waals surface area contributed by atoms with Crippen molar-refractivity contribution < 1.29 is 23.0 Å². The number of halogens is 3. The number of alkyl halides is 3. The smallest absolute Gasteiger partial charge is 0.394 e. The van der Waals surface area contributed by atoms with Gasteiger partial charge in [0.05, 0.1) is 35.9 Å². The molecule has 0 radical (unpaired) electrons. The lowest BCUT2D eigenvalue weighted by molar-refractivity contribution is -0.137. The van der Waals surface area contributed by atoms with Crippen LogP contribution in [0.3, 0.4) is 0 Å². The lowest BCUT2D eigenvalue weighted by atomic mass is 10.1. The summed E-state index contributed by atoms with van der Waals surface area (Å²) in [4.78, 5) is 1.69. The Bertz CT molecular complexity index is 554. The van der Waals surface area contributed by atoms with Crippen LogP contribution in [-0.4, -0.2) is 37.5 Å². The number of aliphatic hydroxyl groups excluding tert-OH is 1. The van der Waals surface area contributed by atoms with E-state index in [-0.39, 0.29) is 18.8 Å². The number of ether oxygens (including phenoxy) is 1. The van der Waals surface area contributed by atoms with Gasteiger partial charge in [0.2, 0.25) is 0 Å². The van der Waals surface area contributed by atoms with E-state index < -0.39 is 17.3 Å². The minimum Gasteiger partial charge on any atom is -0.394 e. The van der Waals surface area contributed by atoms with Crippen molar-refractivity contribution in [1.29, 1.82) is 5.26 Å². The zero-order valence-corrected chi connectivity index (χ0v) is 11.4. The zero-order chi connectivity index (χ0) is 15.6. The van der Waals surface area contributed by atoms with Crippen LogP contribution in [0.25, 0.3) is 0 Å². The van der Waals surface area contributed by atoms with E-state index in [4.69, 9.17) is 10.00 Å². The monoisotopic (exact) mass is 300 g/mol. The standard InChI is InChI=1S/C14H15F3N2O2/c1-21-12-4-11(8-20)19(7-12)10-3-2-9(6-18)13(5-10)14(15,16)17/h2-3,5,11-12,20H,4,7-8H2,1H3/t11-,12-/m0/s1. The van der Waals surface area contributed by atoms with Gasteiger partial charge in [-0.05, 0) is 24.6 Å². The number of hydrogen-bond acceptors (Lipinski definition) is 4. The quantitative estimate of drug-likeness (QED) is 0.929. The number of methoxy groups -OCH3 is 1. The number of nitrogens with zero attached hydrogens (tertiary/aromatic N) is 2. The molecule has 1 aliphatic heterocycles. The fourth-order valence-electron chi connectivity index (χ4n) is 2.58. The van der Waals surface area contributed by atoms with Gasteiger partial charge in [-0.15, -0.1) is 0 Å². The molecule has 1 saturated heterocycles. The van der Waals surface area contributed by atoms with Gasteiger partial charge in [0.15, 0.2) is 0 Å². The lowest BCUT2D eigenvalue weighted by Crippen LogP contribution is -2.32. The van der Waals surface area contributed by atoms with Crippen LogP contribution in [0.5, 0.6) is 0 Å². The maximum Gasteiger partial charge on any atom is 0.417 e. The maximum atomic E-state index is 13.0. The van der Waals surface area contributed by atoms with E-state index in [2.05, 4.69) is 0 Å². The van der Waals surface area contributed by atoms with Crippen molar-refractivity contribution in [2.24, 2.45) is 0 Å². The minimum absolute atomic E-state index is 0.132. The summed E-state index contributed by atoms with van der Waals surface area (Å²) in [7, 11) is 1.53. The molecule has 7 heteroatoms. The van der Waals surface area contributed by atoms with Crippen LogP contribution in [0.1, 0.15) is 17.5 Å². The lowest BCUT2D eigenvalue weighted by Gasteiger charge is -2.26. The summed E-state index contributed by atoms with van der Waals surface area (Å²) in [5.41, 5.74) is -1.03. The second-order valence-electron chi connectivity index (χ2n) is 4.92. The minimum atomic E-state index is -4.59. The van der Waals surface area contributed by atoms with Gasteiger partial charge in [-0.25, -0.2) is 0 Å². The Morgan fingerprint density at radius 1 is 1.48 bits per heavy atom. The van der Waals surface area contributed by atoms with Gasteiger partial charge in [0, 0.05) is 19.3 Å². The molecule has 2 atom stereocenters. The summed E-state index contributed by atoms with van der Waals surface area (Å²) in [5.74, 6) is 0. The molecular weight excluding hydrogens is 285 g/mol. The molecule has 1 aliphatic rings. The highest BCUT2D eigenvalue weighted by Crippen LogP contribution is 2.36. The van der Waals surface area contributed by atoms with Gasteiger partial charge < -0.3 is 14.7 Å². The number of aliphatic hydroxyl groups is 1. The normalized spacial score (nSPS) is 22.4. The van der Waals surface area contributed by atoms with Gasteiger partial charge in [-0.2, -0.15) is 18.4 Å². The van der Waals surface area contributed by atoms with Gasteiger partial charge in [0.25, 0.3) is 0 Å². The van der Waals surface area contributed by atoms with Crippen molar-refractivity contribution in [3.63, 3.8) is 0 Å². The molecule has 1 heterocycles. The molecule has 2 rings (SSSR count). The van der Waals surface area contributed by atoms with Crippen molar-refractivity contribution in [2.45, 2.75) is 24.7 Å². The van der Waals surface area contributed by atoms with Crippen molar-refractivity contribution >= 4 is 5.69 Å². The first-order valence-electron chi connectivity index (χ1n) is 6.42.